The van der Waals surface area contributed by atoms with Crippen LogP contribution in [0.4, 0.5) is 4.39 Å². The maximum atomic E-state index is 14.5. The maximum Gasteiger partial charge on any atom is 0.138 e. The molecule has 6 heteroatoms. The molecule has 28 heavy (non-hydrogen) atoms. The zero-order chi connectivity index (χ0) is 20.5. The summed E-state index contributed by atoms with van der Waals surface area (Å²) >= 11 is 0. The molecular formula is C22H22FNO3S. The normalized spacial score (nSPS) is 12.8. The minimum atomic E-state index is -1.20. The molecule has 0 bridgehead atoms. The molecule has 2 aromatic carbocycles. The third-order valence-corrected chi connectivity index (χ3v) is 6.18. The van der Waals surface area contributed by atoms with Gasteiger partial charge in [-0.05, 0) is 63.6 Å². The fraction of sp³-hybridized carbons (Fsp3) is 0.273. The maximum absolute atomic E-state index is 14.5. The van der Waals surface area contributed by atoms with Crippen molar-refractivity contribution in [3.63, 3.8) is 0 Å². The first-order valence-electron chi connectivity index (χ1n) is 8.92. The molecule has 0 saturated heterocycles. The monoisotopic (exact) mass is 399 g/mol. The van der Waals surface area contributed by atoms with Gasteiger partial charge in [-0.1, -0.05) is 6.07 Å². The number of aldehydes is 1. The highest BCUT2D eigenvalue weighted by molar-refractivity contribution is 7.86. The predicted octanol–water partition coefficient (Wildman–Crippen LogP) is 5.12. The Morgan fingerprint density at radius 3 is 2.57 bits per heavy atom. The minimum Gasteiger partial charge on any atom is -0.456 e. The van der Waals surface area contributed by atoms with Crippen LogP contribution < -0.4 is 4.74 Å². The molecule has 146 valence electrons. The Morgan fingerprint density at radius 2 is 1.89 bits per heavy atom. The highest BCUT2D eigenvalue weighted by atomic mass is 32.2. The minimum absolute atomic E-state index is 0.0210. The number of ether oxygens (including phenoxy) is 1. The lowest BCUT2D eigenvalue weighted by atomic mass is 10.1. The van der Waals surface area contributed by atoms with E-state index in [1.165, 1.54) is 0 Å². The first-order valence-corrected chi connectivity index (χ1v) is 10.1. The largest absolute Gasteiger partial charge is 0.456 e. The lowest BCUT2D eigenvalue weighted by Crippen LogP contribution is -2.21. The van der Waals surface area contributed by atoms with Gasteiger partial charge in [0.05, 0.1) is 16.3 Å². The number of benzene rings is 2. The van der Waals surface area contributed by atoms with Crippen molar-refractivity contribution >= 4 is 28.0 Å². The lowest BCUT2D eigenvalue weighted by molar-refractivity contribution is -0.107. The van der Waals surface area contributed by atoms with Crippen molar-refractivity contribution in [2.75, 3.05) is 0 Å². The zero-order valence-electron chi connectivity index (χ0n) is 16.3. The van der Waals surface area contributed by atoms with E-state index in [0.29, 0.717) is 44.7 Å². The average Bonchev–Trinajstić information content (AvgIpc) is 2.66. The van der Waals surface area contributed by atoms with E-state index in [2.05, 4.69) is 4.98 Å². The molecule has 4 nitrogen and oxygen atoms in total. The van der Waals surface area contributed by atoms with Gasteiger partial charge in [0.2, 0.25) is 0 Å². The standard InChI is InChI=1S/C22H22FNO3S/c1-14-19(8-5-15(10-12-25)21(14)23)27-20-9-11-24-18-7-6-16(13-17(18)20)28(26)22(2,3)4/h5-9,11-13H,10H2,1-4H3. The second kappa shape index (κ2) is 7.80. The Balaban J connectivity index is 2.05. The van der Waals surface area contributed by atoms with Gasteiger partial charge in [0.15, 0.2) is 0 Å². The van der Waals surface area contributed by atoms with Gasteiger partial charge in [-0.25, -0.2) is 4.39 Å². The van der Waals surface area contributed by atoms with E-state index in [1.54, 1.807) is 37.4 Å². The van der Waals surface area contributed by atoms with E-state index in [1.807, 2.05) is 32.9 Å². The van der Waals surface area contributed by atoms with E-state index < -0.39 is 21.4 Å². The number of hydrogen-bond donors (Lipinski definition) is 0. The molecule has 1 aromatic heterocycles. The molecular weight excluding hydrogens is 377 g/mol. The Morgan fingerprint density at radius 1 is 1.14 bits per heavy atom. The van der Waals surface area contributed by atoms with Gasteiger partial charge in [0.25, 0.3) is 0 Å². The smallest absolute Gasteiger partial charge is 0.138 e. The zero-order valence-corrected chi connectivity index (χ0v) is 17.1. The van der Waals surface area contributed by atoms with Crippen molar-refractivity contribution in [1.29, 1.82) is 0 Å². The van der Waals surface area contributed by atoms with Crippen LogP contribution in [0.5, 0.6) is 11.5 Å². The van der Waals surface area contributed by atoms with Crippen molar-refractivity contribution in [3.8, 4) is 11.5 Å². The topological polar surface area (TPSA) is 56.3 Å². The molecule has 0 fully saturated rings. The van der Waals surface area contributed by atoms with Gasteiger partial charge in [-0.2, -0.15) is 0 Å². The molecule has 0 radical (unpaired) electrons. The summed E-state index contributed by atoms with van der Waals surface area (Å²) in [5, 5.41) is 0.703. The van der Waals surface area contributed by atoms with Crippen molar-refractivity contribution < 1.29 is 18.1 Å². The molecule has 1 atom stereocenters. The number of fused-ring (bicyclic) bond motifs is 1. The number of nitrogens with zero attached hydrogens (tertiary/aromatic N) is 1. The molecule has 0 N–H and O–H groups in total. The number of halogens is 1. The van der Waals surface area contributed by atoms with Gasteiger partial charge in [-0.15, -0.1) is 0 Å². The first kappa shape index (κ1) is 20.1. The molecule has 0 aliphatic carbocycles. The summed E-state index contributed by atoms with van der Waals surface area (Å²) in [6.07, 6.45) is 2.31. The van der Waals surface area contributed by atoms with Crippen LogP contribution in [0.25, 0.3) is 10.9 Å². The second-order valence-electron chi connectivity index (χ2n) is 7.50. The van der Waals surface area contributed by atoms with E-state index in [0.717, 1.165) is 0 Å². The van der Waals surface area contributed by atoms with Crippen LogP contribution in [-0.4, -0.2) is 20.2 Å². The molecule has 0 aliphatic heterocycles. The van der Waals surface area contributed by atoms with Crippen LogP contribution in [0.3, 0.4) is 0 Å². The average molecular weight is 399 g/mol. The van der Waals surface area contributed by atoms with Gasteiger partial charge in [0, 0.05) is 33.2 Å². The number of carbonyl (C=O) groups excluding carboxylic acids is 1. The molecule has 0 aliphatic rings. The van der Waals surface area contributed by atoms with Crippen molar-refractivity contribution in [1.82, 2.24) is 4.98 Å². The third kappa shape index (κ3) is 3.97. The number of pyridine rings is 1. The van der Waals surface area contributed by atoms with Crippen LogP contribution in [0.15, 0.2) is 47.5 Å². The SMILES string of the molecule is Cc1c(Oc2ccnc3ccc(S(=O)C(C)(C)C)cc23)ccc(CC=O)c1F. The molecule has 3 aromatic rings. The summed E-state index contributed by atoms with van der Waals surface area (Å²) in [6.45, 7) is 7.37. The first-order chi connectivity index (χ1) is 13.2. The van der Waals surface area contributed by atoms with Gasteiger partial charge in [-0.3, -0.25) is 9.19 Å². The summed E-state index contributed by atoms with van der Waals surface area (Å²) in [7, 11) is -1.20. The van der Waals surface area contributed by atoms with Crippen LogP contribution in [-0.2, 0) is 22.0 Å². The van der Waals surface area contributed by atoms with Crippen LogP contribution in [0.2, 0.25) is 0 Å². The van der Waals surface area contributed by atoms with Crippen LogP contribution in [0, 0.1) is 12.7 Å². The Bertz CT molecular complexity index is 1070. The van der Waals surface area contributed by atoms with Gasteiger partial charge >= 0.3 is 0 Å². The molecule has 1 heterocycles. The predicted molar refractivity (Wildman–Crippen MR) is 109 cm³/mol. The van der Waals surface area contributed by atoms with E-state index in [4.69, 9.17) is 4.74 Å². The summed E-state index contributed by atoms with van der Waals surface area (Å²) in [4.78, 5) is 15.7. The third-order valence-electron chi connectivity index (χ3n) is 4.38. The number of carbonyl (C=O) groups is 1. The van der Waals surface area contributed by atoms with Crippen molar-refractivity contribution in [3.05, 3.63) is 59.5 Å². The van der Waals surface area contributed by atoms with E-state index in [9.17, 15) is 13.4 Å². The Hall–Kier alpha value is -2.60. The molecule has 3 rings (SSSR count). The van der Waals surface area contributed by atoms with Crippen molar-refractivity contribution in [2.24, 2.45) is 0 Å². The lowest BCUT2D eigenvalue weighted by Gasteiger charge is -2.18. The summed E-state index contributed by atoms with van der Waals surface area (Å²) in [5.41, 5.74) is 1.36. The molecule has 1 unspecified atom stereocenters. The number of aromatic nitrogens is 1. The summed E-state index contributed by atoms with van der Waals surface area (Å²) < 4.78 is 32.8. The molecule has 0 spiro atoms. The van der Waals surface area contributed by atoms with Gasteiger partial charge < -0.3 is 9.53 Å². The van der Waals surface area contributed by atoms with Crippen LogP contribution >= 0.6 is 0 Å². The van der Waals surface area contributed by atoms with Crippen LogP contribution in [0.1, 0.15) is 31.9 Å². The number of rotatable bonds is 5. The summed E-state index contributed by atoms with van der Waals surface area (Å²) in [5.74, 6) is 0.419. The van der Waals surface area contributed by atoms with Gasteiger partial charge in [0.1, 0.15) is 23.6 Å². The molecule has 0 saturated carbocycles. The number of hydrogen-bond acceptors (Lipinski definition) is 4. The second-order valence-corrected chi connectivity index (χ2v) is 9.74. The fourth-order valence-corrected chi connectivity index (χ4v) is 3.98. The fourth-order valence-electron chi connectivity index (χ4n) is 2.86. The Labute approximate surface area is 166 Å². The highest BCUT2D eigenvalue weighted by Crippen LogP contribution is 2.34. The van der Waals surface area contributed by atoms with E-state index >= 15 is 0 Å². The van der Waals surface area contributed by atoms with E-state index in [-0.39, 0.29) is 6.42 Å². The highest BCUT2D eigenvalue weighted by Gasteiger charge is 2.22. The quantitative estimate of drug-likeness (QED) is 0.559. The van der Waals surface area contributed by atoms with Crippen molar-refractivity contribution in [2.45, 2.75) is 43.8 Å². The summed E-state index contributed by atoms with van der Waals surface area (Å²) in [6, 6.07) is 10.3. The Kier molecular flexibility index (Phi) is 5.61. The molecule has 0 amide bonds.